The van der Waals surface area contributed by atoms with Gasteiger partial charge in [-0.1, -0.05) is 84.9 Å². The van der Waals surface area contributed by atoms with Crippen LogP contribution in [0.15, 0.2) is 144 Å². The molecule has 0 N–H and O–H groups in total. The van der Waals surface area contributed by atoms with Crippen LogP contribution >= 0.6 is 0 Å². The van der Waals surface area contributed by atoms with Crippen molar-refractivity contribution in [2.75, 3.05) is 0 Å². The molecular formula is C60H43N3O3. The molecular weight excluding hydrogens is 811 g/mol. The van der Waals surface area contributed by atoms with E-state index in [-0.39, 0.29) is 11.8 Å². The lowest BCUT2D eigenvalue weighted by Crippen LogP contribution is -2.15. The van der Waals surface area contributed by atoms with Gasteiger partial charge in [0, 0.05) is 77.5 Å². The maximum Gasteiger partial charge on any atom is 0.166 e. The van der Waals surface area contributed by atoms with Crippen LogP contribution in [-0.2, 0) is 0 Å². The molecule has 4 aromatic heterocycles. The van der Waals surface area contributed by atoms with Gasteiger partial charge in [0.05, 0.1) is 27.9 Å². The molecule has 6 aliphatic carbocycles. The van der Waals surface area contributed by atoms with Crippen molar-refractivity contribution in [3.05, 3.63) is 162 Å². The first-order valence-corrected chi connectivity index (χ1v) is 23.9. The normalized spacial score (nSPS) is 20.3. The van der Waals surface area contributed by atoms with Gasteiger partial charge in [-0.2, -0.15) is 0 Å². The molecule has 66 heavy (non-hydrogen) atoms. The van der Waals surface area contributed by atoms with Crippen molar-refractivity contribution in [3.8, 4) is 45.0 Å². The van der Waals surface area contributed by atoms with E-state index in [0.717, 1.165) is 162 Å². The van der Waals surface area contributed by atoms with Crippen molar-refractivity contribution in [2.24, 2.45) is 11.8 Å². The summed E-state index contributed by atoms with van der Waals surface area (Å²) in [7, 11) is 0. The second-order valence-corrected chi connectivity index (χ2v) is 19.7. The van der Waals surface area contributed by atoms with Crippen LogP contribution < -0.4 is 0 Å². The van der Waals surface area contributed by atoms with Gasteiger partial charge >= 0.3 is 0 Å². The first-order chi connectivity index (χ1) is 32.5. The first kappa shape index (κ1) is 36.9. The average Bonchev–Trinajstić information content (AvgIpc) is 3.91. The van der Waals surface area contributed by atoms with Gasteiger partial charge < -0.3 is 8.82 Å². The van der Waals surface area contributed by atoms with E-state index in [0.29, 0.717) is 29.2 Å². The maximum absolute atomic E-state index is 14.3. The fourth-order valence-electron chi connectivity index (χ4n) is 13.0. The zero-order chi connectivity index (χ0) is 43.4. The molecule has 4 heterocycles. The van der Waals surface area contributed by atoms with Crippen molar-refractivity contribution in [3.63, 3.8) is 0 Å². The van der Waals surface area contributed by atoms with Crippen LogP contribution in [0.3, 0.4) is 0 Å². The SMILES string of the molecule is O=C1c2cc3c(cc2C2CCC1CC2)c1cc(-c2c(-c4ccccc4)nc(-c4ccc5c(c4)oc4ccccc45)nc2-c2ccccc2)cc2c4cc5c(cc4n3c12)C(=O)C1CCC5CC1. The molecule has 0 amide bonds. The van der Waals surface area contributed by atoms with Gasteiger partial charge in [-0.05, 0) is 134 Å². The van der Waals surface area contributed by atoms with Crippen LogP contribution in [0.5, 0.6) is 0 Å². The third-order valence-corrected chi connectivity index (χ3v) is 16.3. The molecule has 2 fully saturated rings. The minimum absolute atomic E-state index is 0.0950. The summed E-state index contributed by atoms with van der Waals surface area (Å²) < 4.78 is 8.79. The number of furan rings is 1. The van der Waals surface area contributed by atoms with E-state index in [1.807, 2.05) is 18.2 Å². The topological polar surface area (TPSA) is 77.5 Å². The molecule has 11 aromatic rings. The number of Topliss-reactive ketones (excluding diaryl/α,β-unsaturated/α-hetero) is 2. The Kier molecular flexibility index (Phi) is 7.57. The monoisotopic (exact) mass is 853 g/mol. The number of ketones is 2. The molecule has 6 aliphatic rings. The van der Waals surface area contributed by atoms with Gasteiger partial charge in [-0.25, -0.2) is 9.97 Å². The smallest absolute Gasteiger partial charge is 0.166 e. The third-order valence-electron chi connectivity index (χ3n) is 16.3. The molecule has 7 aromatic carbocycles. The Hall–Kier alpha value is -7.44. The summed E-state index contributed by atoms with van der Waals surface area (Å²) in [6.07, 6.45) is 8.06. The molecule has 0 radical (unpaired) electrons. The molecule has 6 heteroatoms. The number of rotatable bonds is 4. The van der Waals surface area contributed by atoms with Crippen molar-refractivity contribution >= 4 is 71.6 Å². The zero-order valence-electron chi connectivity index (χ0n) is 36.3. The summed E-state index contributed by atoms with van der Waals surface area (Å²) in [6.45, 7) is 0. The van der Waals surface area contributed by atoms with Gasteiger partial charge in [0.25, 0.3) is 0 Å². The van der Waals surface area contributed by atoms with E-state index in [4.69, 9.17) is 14.4 Å². The number of hydrogen-bond donors (Lipinski definition) is 0. The van der Waals surface area contributed by atoms with E-state index in [1.54, 1.807) is 0 Å². The lowest BCUT2D eigenvalue weighted by atomic mass is 9.82. The standard InChI is InChI=1S/C60H43N3O3/c64-58-36-19-15-32(16-20-36)42-28-44-46-25-39(26-47-45-29-43-33-17-21-37(22-18-33)59(65)49(43)31-51(45)63(57(46)47)50(44)30-48(42)58)54-55(34-9-3-1-4-10-34)61-60(62-56(54)35-11-5-2-6-12-35)38-23-24-41-40-13-7-8-14-52(40)66-53(41)27-38/h1-14,23-33,36-37H,15-22H2. The Balaban J connectivity index is 1.06. The van der Waals surface area contributed by atoms with Crippen LogP contribution in [0.4, 0.5) is 0 Å². The van der Waals surface area contributed by atoms with E-state index in [9.17, 15) is 9.59 Å². The van der Waals surface area contributed by atoms with Crippen LogP contribution in [-0.4, -0.2) is 25.9 Å². The molecule has 0 unspecified atom stereocenters. The largest absolute Gasteiger partial charge is 0.456 e. The van der Waals surface area contributed by atoms with Gasteiger partial charge in [0.15, 0.2) is 17.4 Å². The molecule has 316 valence electrons. The number of benzene rings is 7. The molecule has 4 bridgehead atoms. The summed E-state index contributed by atoms with van der Waals surface area (Å²) in [4.78, 5) is 39.7. The number of nitrogens with zero attached hydrogens (tertiary/aromatic N) is 3. The third kappa shape index (κ3) is 5.13. The summed E-state index contributed by atoms with van der Waals surface area (Å²) in [6, 6.07) is 49.4. The van der Waals surface area contributed by atoms with Gasteiger partial charge in [-0.3, -0.25) is 9.59 Å². The minimum Gasteiger partial charge on any atom is -0.456 e. The minimum atomic E-state index is 0.0950. The molecule has 17 rings (SSSR count). The van der Waals surface area contributed by atoms with Gasteiger partial charge in [0.2, 0.25) is 0 Å². The molecule has 6 nitrogen and oxygen atoms in total. The second kappa shape index (κ2) is 13.6. The Morgan fingerprint density at radius 2 is 0.924 bits per heavy atom. The molecule has 0 atom stereocenters. The Labute approximate surface area is 380 Å². The summed E-state index contributed by atoms with van der Waals surface area (Å²) in [5, 5.41) is 6.73. The molecule has 2 saturated carbocycles. The van der Waals surface area contributed by atoms with Gasteiger partial charge in [-0.15, -0.1) is 0 Å². The summed E-state index contributed by atoms with van der Waals surface area (Å²) in [5.41, 5.74) is 15.6. The average molecular weight is 854 g/mol. The van der Waals surface area contributed by atoms with E-state index in [1.165, 1.54) is 11.1 Å². The van der Waals surface area contributed by atoms with Crippen LogP contribution in [0.2, 0.25) is 0 Å². The lowest BCUT2D eigenvalue weighted by Gasteiger charge is -2.22. The summed E-state index contributed by atoms with van der Waals surface area (Å²) >= 11 is 0. The lowest BCUT2D eigenvalue weighted by molar-refractivity contribution is 0.0891. The van der Waals surface area contributed by atoms with Crippen LogP contribution in [0.1, 0.15) is 95.0 Å². The predicted octanol–water partition coefficient (Wildman–Crippen LogP) is 15.1. The maximum atomic E-state index is 14.3. The van der Waals surface area contributed by atoms with Crippen molar-refractivity contribution in [1.29, 1.82) is 0 Å². The van der Waals surface area contributed by atoms with Crippen LogP contribution in [0.25, 0.3) is 105 Å². The van der Waals surface area contributed by atoms with E-state index < -0.39 is 0 Å². The first-order valence-electron chi connectivity index (χ1n) is 23.9. The van der Waals surface area contributed by atoms with Crippen molar-refractivity contribution < 1.29 is 14.0 Å². The zero-order valence-corrected chi connectivity index (χ0v) is 36.3. The van der Waals surface area contributed by atoms with E-state index in [2.05, 4.69) is 126 Å². The Bertz CT molecular complexity index is 3690. The molecule has 0 saturated heterocycles. The highest BCUT2D eigenvalue weighted by Gasteiger charge is 2.38. The van der Waals surface area contributed by atoms with E-state index >= 15 is 0 Å². The fourth-order valence-corrected chi connectivity index (χ4v) is 13.0. The van der Waals surface area contributed by atoms with Gasteiger partial charge in [0.1, 0.15) is 11.2 Å². The predicted molar refractivity (Wildman–Crippen MR) is 264 cm³/mol. The van der Waals surface area contributed by atoms with Crippen LogP contribution in [0, 0.1) is 11.8 Å². The Morgan fingerprint density at radius 3 is 1.48 bits per heavy atom. The quantitative estimate of drug-likeness (QED) is 0.176. The molecule has 0 aliphatic heterocycles. The number of hydrogen-bond acceptors (Lipinski definition) is 5. The number of fused-ring (bicyclic) bond motifs is 13. The highest BCUT2D eigenvalue weighted by atomic mass is 16.3. The van der Waals surface area contributed by atoms with Crippen molar-refractivity contribution in [1.82, 2.24) is 14.4 Å². The number of carbonyl (C=O) groups is 2. The number of carbonyl (C=O) groups excluding carboxylic acids is 2. The summed E-state index contributed by atoms with van der Waals surface area (Å²) in [5.74, 6) is 2.16. The molecule has 0 spiro atoms. The highest BCUT2D eigenvalue weighted by Crippen LogP contribution is 2.51. The fraction of sp³-hybridized carbons (Fsp3) is 0.200. The van der Waals surface area contributed by atoms with Crippen molar-refractivity contribution in [2.45, 2.75) is 63.2 Å². The highest BCUT2D eigenvalue weighted by molar-refractivity contribution is 6.26. The second-order valence-electron chi connectivity index (χ2n) is 19.7. The number of para-hydroxylation sites is 1. The number of aromatic nitrogens is 3. The Morgan fingerprint density at radius 1 is 0.424 bits per heavy atom.